The van der Waals surface area contributed by atoms with Crippen molar-refractivity contribution < 1.29 is 0 Å². The minimum atomic E-state index is 1.23. The van der Waals surface area contributed by atoms with Crippen LogP contribution in [0, 0.1) is 6.07 Å². The third-order valence-corrected chi connectivity index (χ3v) is 3.33. The first-order valence-corrected chi connectivity index (χ1v) is 5.76. The summed E-state index contributed by atoms with van der Waals surface area (Å²) in [5.74, 6) is 0. The van der Waals surface area contributed by atoms with Crippen molar-refractivity contribution in [2.24, 2.45) is 0 Å². The summed E-state index contributed by atoms with van der Waals surface area (Å²) in [6.07, 6.45) is 0. The quantitative estimate of drug-likeness (QED) is 0.558. The molecule has 0 amide bonds. The minimum absolute atomic E-state index is 1.23. The summed E-state index contributed by atoms with van der Waals surface area (Å²) < 4.78 is 1.30. The molecule has 3 rings (SSSR count). The molecule has 15 heavy (non-hydrogen) atoms. The van der Waals surface area contributed by atoms with Gasteiger partial charge in [0.1, 0.15) is 0 Å². The smallest absolute Gasteiger partial charge is 0.0355 e. The number of hydrogen-bond donors (Lipinski definition) is 0. The average Bonchev–Trinajstić information content (AvgIpc) is 2.78. The molecular weight excluding hydrogens is 200 g/mol. The van der Waals surface area contributed by atoms with E-state index < -0.39 is 0 Å². The van der Waals surface area contributed by atoms with E-state index in [1.165, 1.54) is 21.2 Å². The molecule has 1 heterocycles. The minimum Gasteiger partial charge on any atom is -0.143 e. The lowest BCUT2D eigenvalue weighted by Crippen LogP contribution is -1.76. The second-order valence-electron chi connectivity index (χ2n) is 3.42. The lowest BCUT2D eigenvalue weighted by Gasteiger charge is -2.02. The van der Waals surface area contributed by atoms with E-state index in [0.717, 1.165) is 0 Å². The van der Waals surface area contributed by atoms with Crippen molar-refractivity contribution in [2.45, 2.75) is 0 Å². The number of hydrogen-bond acceptors (Lipinski definition) is 1. The Morgan fingerprint density at radius 2 is 1.73 bits per heavy atom. The maximum atomic E-state index is 3.31. The Morgan fingerprint density at radius 1 is 0.867 bits per heavy atom. The zero-order valence-corrected chi connectivity index (χ0v) is 8.92. The van der Waals surface area contributed by atoms with E-state index in [1.54, 1.807) is 11.3 Å². The van der Waals surface area contributed by atoms with Gasteiger partial charge in [0.25, 0.3) is 0 Å². The number of rotatable bonds is 1. The van der Waals surface area contributed by atoms with E-state index >= 15 is 0 Å². The topological polar surface area (TPSA) is 0 Å². The molecular formula is C14H9S. The van der Waals surface area contributed by atoms with Crippen LogP contribution in [0.4, 0.5) is 0 Å². The van der Waals surface area contributed by atoms with E-state index in [2.05, 4.69) is 48.5 Å². The monoisotopic (exact) mass is 209 g/mol. The summed E-state index contributed by atoms with van der Waals surface area (Å²) in [6.45, 7) is 0. The molecule has 0 aliphatic carbocycles. The highest BCUT2D eigenvalue weighted by Crippen LogP contribution is 2.30. The number of thiophene rings is 1. The van der Waals surface area contributed by atoms with E-state index in [4.69, 9.17) is 0 Å². The van der Waals surface area contributed by atoms with Gasteiger partial charge in [0.05, 0.1) is 0 Å². The summed E-state index contributed by atoms with van der Waals surface area (Å²) in [6, 6.07) is 20.2. The first-order valence-electron chi connectivity index (χ1n) is 4.88. The van der Waals surface area contributed by atoms with E-state index in [1.807, 2.05) is 11.4 Å². The van der Waals surface area contributed by atoms with E-state index in [0.29, 0.717) is 0 Å². The van der Waals surface area contributed by atoms with Crippen LogP contribution in [0.3, 0.4) is 0 Å². The Kier molecular flexibility index (Phi) is 2.04. The normalized spacial score (nSPS) is 10.7. The van der Waals surface area contributed by atoms with Crippen molar-refractivity contribution in [3.63, 3.8) is 0 Å². The first-order chi connectivity index (χ1) is 7.45. The Hall–Kier alpha value is -1.60. The third-order valence-electron chi connectivity index (χ3n) is 2.50. The molecule has 0 saturated heterocycles. The molecule has 2 aromatic carbocycles. The van der Waals surface area contributed by atoms with E-state index in [9.17, 15) is 0 Å². The summed E-state index contributed by atoms with van der Waals surface area (Å²) in [5.41, 5.74) is 2.53. The van der Waals surface area contributed by atoms with Crippen LogP contribution in [0.25, 0.3) is 21.2 Å². The molecule has 0 aliphatic heterocycles. The third kappa shape index (κ3) is 1.45. The highest BCUT2D eigenvalue weighted by atomic mass is 32.1. The van der Waals surface area contributed by atoms with Crippen LogP contribution in [0.2, 0.25) is 0 Å². The summed E-state index contributed by atoms with van der Waals surface area (Å²) in [5, 5.41) is 3.26. The Morgan fingerprint density at radius 3 is 2.60 bits per heavy atom. The summed E-state index contributed by atoms with van der Waals surface area (Å²) in [7, 11) is 0. The molecule has 0 atom stereocenters. The predicted octanol–water partition coefficient (Wildman–Crippen LogP) is 4.37. The molecule has 1 radical (unpaired) electrons. The Labute approximate surface area is 92.8 Å². The number of fused-ring (bicyclic) bond motifs is 1. The van der Waals surface area contributed by atoms with Gasteiger partial charge in [-0.15, -0.1) is 11.3 Å². The van der Waals surface area contributed by atoms with Gasteiger partial charge in [-0.3, -0.25) is 0 Å². The van der Waals surface area contributed by atoms with E-state index in [-0.39, 0.29) is 0 Å². The molecule has 0 nitrogen and oxygen atoms in total. The SMILES string of the molecule is [c]1csc2cccc(-c3ccccc3)c12. The zero-order valence-electron chi connectivity index (χ0n) is 8.10. The number of benzene rings is 2. The Balaban J connectivity index is 2.31. The van der Waals surface area contributed by atoms with Crippen LogP contribution in [0.1, 0.15) is 0 Å². The molecule has 3 aromatic rings. The highest BCUT2D eigenvalue weighted by Gasteiger charge is 2.03. The molecule has 71 valence electrons. The van der Waals surface area contributed by atoms with Crippen LogP contribution in [0.15, 0.2) is 53.9 Å². The highest BCUT2D eigenvalue weighted by molar-refractivity contribution is 7.17. The van der Waals surface area contributed by atoms with Crippen molar-refractivity contribution in [1.82, 2.24) is 0 Å². The molecule has 1 heteroatoms. The predicted molar refractivity (Wildman–Crippen MR) is 66.1 cm³/mol. The van der Waals surface area contributed by atoms with Gasteiger partial charge < -0.3 is 0 Å². The second-order valence-corrected chi connectivity index (χ2v) is 4.34. The van der Waals surface area contributed by atoms with Gasteiger partial charge >= 0.3 is 0 Å². The lowest BCUT2D eigenvalue weighted by molar-refractivity contribution is 1.67. The molecule has 0 N–H and O–H groups in total. The van der Waals surface area contributed by atoms with Crippen LogP contribution in [-0.2, 0) is 0 Å². The van der Waals surface area contributed by atoms with Crippen LogP contribution in [0.5, 0.6) is 0 Å². The van der Waals surface area contributed by atoms with Gasteiger partial charge in [-0.2, -0.15) is 0 Å². The summed E-state index contributed by atoms with van der Waals surface area (Å²) >= 11 is 1.74. The van der Waals surface area contributed by atoms with Crippen molar-refractivity contribution in [1.29, 1.82) is 0 Å². The molecule has 1 aromatic heterocycles. The van der Waals surface area contributed by atoms with Crippen molar-refractivity contribution in [2.75, 3.05) is 0 Å². The molecule has 0 aliphatic rings. The van der Waals surface area contributed by atoms with Crippen LogP contribution >= 0.6 is 11.3 Å². The fraction of sp³-hybridized carbons (Fsp3) is 0. The first kappa shape index (κ1) is 8.69. The fourth-order valence-corrected chi connectivity index (χ4v) is 2.54. The second kappa shape index (κ2) is 3.52. The van der Waals surface area contributed by atoms with Crippen molar-refractivity contribution >= 4 is 21.4 Å². The van der Waals surface area contributed by atoms with Crippen molar-refractivity contribution in [3.05, 3.63) is 60.0 Å². The van der Waals surface area contributed by atoms with Crippen molar-refractivity contribution in [3.8, 4) is 11.1 Å². The molecule has 0 saturated carbocycles. The Bertz CT molecular complexity index is 578. The van der Waals surface area contributed by atoms with Crippen LogP contribution in [-0.4, -0.2) is 0 Å². The molecule has 0 fully saturated rings. The molecule has 0 spiro atoms. The van der Waals surface area contributed by atoms with Gasteiger partial charge in [-0.05, 0) is 22.6 Å². The van der Waals surface area contributed by atoms with Gasteiger partial charge in [-0.25, -0.2) is 0 Å². The summed E-state index contributed by atoms with van der Waals surface area (Å²) in [4.78, 5) is 0. The fourth-order valence-electron chi connectivity index (χ4n) is 1.79. The van der Waals surface area contributed by atoms with Gasteiger partial charge in [0, 0.05) is 16.2 Å². The zero-order chi connectivity index (χ0) is 10.1. The standard InChI is InChI=1S/C14H9S/c1-2-5-11(6-3-1)12-7-4-8-14-13(12)9-10-15-14/h1-8,10H. The lowest BCUT2D eigenvalue weighted by atomic mass is 10.0. The largest absolute Gasteiger partial charge is 0.143 e. The maximum absolute atomic E-state index is 3.31. The van der Waals surface area contributed by atoms with Gasteiger partial charge in [0.2, 0.25) is 0 Å². The van der Waals surface area contributed by atoms with Crippen LogP contribution < -0.4 is 0 Å². The van der Waals surface area contributed by atoms with Gasteiger partial charge in [-0.1, -0.05) is 42.5 Å². The van der Waals surface area contributed by atoms with Gasteiger partial charge in [0.15, 0.2) is 0 Å². The average molecular weight is 209 g/mol. The maximum Gasteiger partial charge on any atom is 0.0355 e. The molecule has 0 bridgehead atoms. The molecule has 0 unspecified atom stereocenters.